The monoisotopic (exact) mass is 235 g/mol. The SMILES string of the molecule is OC(CN1CC(n2cccn2)C1)C(F)(F)F. The number of likely N-dealkylation sites (tertiary alicyclic amines) is 1. The molecule has 1 aromatic heterocycles. The zero-order valence-electron chi connectivity index (χ0n) is 8.43. The van der Waals surface area contributed by atoms with Crippen LogP contribution in [0.25, 0.3) is 0 Å². The molecule has 90 valence electrons. The Kier molecular flexibility index (Phi) is 2.90. The van der Waals surface area contributed by atoms with Crippen molar-refractivity contribution in [2.75, 3.05) is 19.6 Å². The lowest BCUT2D eigenvalue weighted by atomic mass is 10.1. The van der Waals surface area contributed by atoms with E-state index in [1.54, 1.807) is 28.0 Å². The molecule has 4 nitrogen and oxygen atoms in total. The van der Waals surface area contributed by atoms with E-state index in [9.17, 15) is 13.2 Å². The molecule has 1 aliphatic heterocycles. The first-order valence-corrected chi connectivity index (χ1v) is 4.93. The summed E-state index contributed by atoms with van der Waals surface area (Å²) in [5.74, 6) is 0. The van der Waals surface area contributed by atoms with Crippen molar-refractivity contribution in [3.8, 4) is 0 Å². The number of halogens is 3. The number of hydrogen-bond acceptors (Lipinski definition) is 3. The van der Waals surface area contributed by atoms with Crippen molar-refractivity contribution in [3.05, 3.63) is 18.5 Å². The van der Waals surface area contributed by atoms with Crippen LogP contribution in [-0.4, -0.2) is 51.7 Å². The topological polar surface area (TPSA) is 41.3 Å². The molecule has 1 atom stereocenters. The maximum atomic E-state index is 12.0. The highest BCUT2D eigenvalue weighted by Gasteiger charge is 2.41. The summed E-state index contributed by atoms with van der Waals surface area (Å²) < 4.78 is 37.9. The molecule has 1 aliphatic rings. The van der Waals surface area contributed by atoms with E-state index in [1.165, 1.54) is 0 Å². The van der Waals surface area contributed by atoms with Gasteiger partial charge in [0.05, 0.1) is 6.04 Å². The van der Waals surface area contributed by atoms with Crippen LogP contribution < -0.4 is 0 Å². The van der Waals surface area contributed by atoms with Gasteiger partial charge in [-0.05, 0) is 6.07 Å². The fourth-order valence-corrected chi connectivity index (χ4v) is 1.70. The summed E-state index contributed by atoms with van der Waals surface area (Å²) in [6.45, 7) is 0.630. The zero-order chi connectivity index (χ0) is 11.8. The molecule has 1 saturated heterocycles. The summed E-state index contributed by atoms with van der Waals surface area (Å²) in [6, 6.07) is 1.89. The number of alkyl halides is 3. The number of aliphatic hydroxyl groups is 1. The minimum absolute atomic E-state index is 0.121. The van der Waals surface area contributed by atoms with Gasteiger partial charge in [-0.15, -0.1) is 0 Å². The van der Waals surface area contributed by atoms with Crippen LogP contribution in [0.3, 0.4) is 0 Å². The standard InChI is InChI=1S/C9H12F3N3O/c10-9(11,12)8(16)6-14-4-7(5-14)15-3-1-2-13-15/h1-3,7-8,16H,4-6H2. The van der Waals surface area contributed by atoms with Gasteiger partial charge in [-0.1, -0.05) is 0 Å². The molecule has 1 fully saturated rings. The Hall–Kier alpha value is -1.08. The predicted octanol–water partition coefficient (Wildman–Crippen LogP) is 0.663. The Morgan fingerprint density at radius 2 is 2.12 bits per heavy atom. The molecule has 0 radical (unpaired) electrons. The summed E-state index contributed by atoms with van der Waals surface area (Å²) in [5, 5.41) is 12.9. The van der Waals surface area contributed by atoms with Crippen LogP contribution >= 0.6 is 0 Å². The molecule has 1 aromatic rings. The normalized spacial score (nSPS) is 20.8. The van der Waals surface area contributed by atoms with E-state index in [4.69, 9.17) is 5.11 Å². The lowest BCUT2D eigenvalue weighted by molar-refractivity contribution is -0.211. The first kappa shape index (κ1) is 11.4. The maximum Gasteiger partial charge on any atom is 0.415 e. The Morgan fingerprint density at radius 1 is 1.44 bits per heavy atom. The highest BCUT2D eigenvalue weighted by Crippen LogP contribution is 2.25. The number of aromatic nitrogens is 2. The quantitative estimate of drug-likeness (QED) is 0.837. The van der Waals surface area contributed by atoms with Crippen molar-refractivity contribution in [2.24, 2.45) is 0 Å². The smallest absolute Gasteiger partial charge is 0.382 e. The van der Waals surface area contributed by atoms with Crippen LogP contribution in [0.1, 0.15) is 6.04 Å². The van der Waals surface area contributed by atoms with Gasteiger partial charge in [0.1, 0.15) is 0 Å². The van der Waals surface area contributed by atoms with E-state index in [0.29, 0.717) is 13.1 Å². The second-order valence-electron chi connectivity index (χ2n) is 3.92. The molecule has 7 heteroatoms. The van der Waals surface area contributed by atoms with E-state index in [0.717, 1.165) is 0 Å². The van der Waals surface area contributed by atoms with E-state index in [2.05, 4.69) is 5.10 Å². The second-order valence-corrected chi connectivity index (χ2v) is 3.92. The molecule has 0 bridgehead atoms. The molecule has 0 amide bonds. The van der Waals surface area contributed by atoms with Crippen molar-refractivity contribution in [1.29, 1.82) is 0 Å². The minimum Gasteiger partial charge on any atom is -0.382 e. The van der Waals surface area contributed by atoms with Crippen molar-refractivity contribution < 1.29 is 18.3 Å². The number of hydrogen-bond donors (Lipinski definition) is 1. The Bertz CT molecular complexity index is 332. The van der Waals surface area contributed by atoms with Crippen LogP contribution in [-0.2, 0) is 0 Å². The summed E-state index contributed by atoms with van der Waals surface area (Å²) in [7, 11) is 0. The lowest BCUT2D eigenvalue weighted by Crippen LogP contribution is -2.52. The average Bonchev–Trinajstić information content (AvgIpc) is 2.60. The van der Waals surface area contributed by atoms with Gasteiger partial charge in [0.2, 0.25) is 0 Å². The van der Waals surface area contributed by atoms with Gasteiger partial charge in [0, 0.05) is 32.0 Å². The molecule has 1 unspecified atom stereocenters. The summed E-state index contributed by atoms with van der Waals surface area (Å²) in [5.41, 5.74) is 0. The van der Waals surface area contributed by atoms with Crippen molar-refractivity contribution in [3.63, 3.8) is 0 Å². The molecular weight excluding hydrogens is 223 g/mol. The maximum absolute atomic E-state index is 12.0. The van der Waals surface area contributed by atoms with Gasteiger partial charge in [-0.25, -0.2) is 0 Å². The predicted molar refractivity (Wildman–Crippen MR) is 49.8 cm³/mol. The van der Waals surface area contributed by atoms with E-state index < -0.39 is 12.3 Å². The van der Waals surface area contributed by atoms with Crippen LogP contribution in [0, 0.1) is 0 Å². The highest BCUT2D eigenvalue weighted by atomic mass is 19.4. The summed E-state index contributed by atoms with van der Waals surface area (Å²) in [6.07, 6.45) is -3.38. The molecule has 2 rings (SSSR count). The first-order valence-electron chi connectivity index (χ1n) is 4.93. The number of nitrogens with zero attached hydrogens (tertiary/aromatic N) is 3. The summed E-state index contributed by atoms with van der Waals surface area (Å²) >= 11 is 0. The fraction of sp³-hybridized carbons (Fsp3) is 0.667. The van der Waals surface area contributed by atoms with Crippen molar-refractivity contribution >= 4 is 0 Å². The van der Waals surface area contributed by atoms with E-state index >= 15 is 0 Å². The summed E-state index contributed by atoms with van der Waals surface area (Å²) in [4.78, 5) is 1.56. The molecular formula is C9H12F3N3O. The van der Waals surface area contributed by atoms with Crippen LogP contribution in [0.4, 0.5) is 13.2 Å². The molecule has 16 heavy (non-hydrogen) atoms. The fourth-order valence-electron chi connectivity index (χ4n) is 1.70. The number of β-amino-alcohol motifs (C(OH)–C–C–N with tert-alkyl or cyclic N) is 1. The zero-order valence-corrected chi connectivity index (χ0v) is 8.43. The van der Waals surface area contributed by atoms with E-state index in [-0.39, 0.29) is 12.6 Å². The van der Waals surface area contributed by atoms with Crippen LogP contribution in [0.5, 0.6) is 0 Å². The highest BCUT2D eigenvalue weighted by molar-refractivity contribution is 4.90. The number of rotatable bonds is 3. The second kappa shape index (κ2) is 4.06. The Balaban J connectivity index is 1.77. The average molecular weight is 235 g/mol. The third-order valence-corrected chi connectivity index (χ3v) is 2.65. The molecule has 0 spiro atoms. The van der Waals surface area contributed by atoms with Crippen molar-refractivity contribution in [2.45, 2.75) is 18.3 Å². The van der Waals surface area contributed by atoms with Gasteiger partial charge in [0.25, 0.3) is 0 Å². The van der Waals surface area contributed by atoms with Gasteiger partial charge >= 0.3 is 6.18 Å². The lowest BCUT2D eigenvalue weighted by Gasteiger charge is -2.40. The van der Waals surface area contributed by atoms with E-state index in [1.807, 2.05) is 0 Å². The third kappa shape index (κ3) is 2.35. The van der Waals surface area contributed by atoms with Gasteiger partial charge in [-0.3, -0.25) is 9.58 Å². The Labute approximate surface area is 90.3 Å². The van der Waals surface area contributed by atoms with Crippen LogP contribution in [0.2, 0.25) is 0 Å². The molecule has 0 saturated carbocycles. The largest absolute Gasteiger partial charge is 0.415 e. The molecule has 1 N–H and O–H groups in total. The molecule has 0 aromatic carbocycles. The minimum atomic E-state index is -4.53. The van der Waals surface area contributed by atoms with Crippen LogP contribution in [0.15, 0.2) is 18.5 Å². The van der Waals surface area contributed by atoms with Crippen molar-refractivity contribution in [1.82, 2.24) is 14.7 Å². The first-order chi connectivity index (χ1) is 7.47. The van der Waals surface area contributed by atoms with Gasteiger partial charge < -0.3 is 5.11 Å². The third-order valence-electron chi connectivity index (χ3n) is 2.65. The Morgan fingerprint density at radius 3 is 2.62 bits per heavy atom. The molecule has 2 heterocycles. The van der Waals surface area contributed by atoms with Gasteiger partial charge in [0.15, 0.2) is 6.10 Å². The number of aliphatic hydroxyl groups excluding tert-OH is 1. The molecule has 0 aliphatic carbocycles. The van der Waals surface area contributed by atoms with Gasteiger partial charge in [-0.2, -0.15) is 18.3 Å².